The summed E-state index contributed by atoms with van der Waals surface area (Å²) in [6.45, 7) is 15.9. The summed E-state index contributed by atoms with van der Waals surface area (Å²) in [5.74, 6) is 1.00. The molecule has 0 fully saturated rings. The van der Waals surface area contributed by atoms with Crippen molar-refractivity contribution in [1.82, 2.24) is 0 Å². The highest BCUT2D eigenvalue weighted by Crippen LogP contribution is 2.44. The van der Waals surface area contributed by atoms with Gasteiger partial charge in [-0.2, -0.15) is 0 Å². The summed E-state index contributed by atoms with van der Waals surface area (Å²) in [6.07, 6.45) is 5.38. The van der Waals surface area contributed by atoms with Gasteiger partial charge in [0.2, 0.25) is 0 Å². The van der Waals surface area contributed by atoms with Crippen molar-refractivity contribution in [2.24, 2.45) is 0 Å². The van der Waals surface area contributed by atoms with Crippen LogP contribution in [0, 0.1) is 0 Å². The molecule has 1 atom stereocenters. The van der Waals surface area contributed by atoms with Crippen LogP contribution in [0.15, 0.2) is 30.9 Å². The van der Waals surface area contributed by atoms with Crippen molar-refractivity contribution in [3.8, 4) is 5.75 Å². The molecule has 22 heavy (non-hydrogen) atoms. The molecule has 0 aromatic heterocycles. The van der Waals surface area contributed by atoms with Gasteiger partial charge in [-0.05, 0) is 54.6 Å². The third kappa shape index (κ3) is 3.64. The zero-order chi connectivity index (χ0) is 16.4. The summed E-state index contributed by atoms with van der Waals surface area (Å²) >= 11 is 0. The van der Waals surface area contributed by atoms with Gasteiger partial charge in [-0.25, -0.2) is 0 Å². The first-order valence-corrected chi connectivity index (χ1v) is 11.2. The fraction of sp³-hybridized carbons (Fsp3) is 0.579. The van der Waals surface area contributed by atoms with E-state index < -0.39 is 8.32 Å². The zero-order valence-electron chi connectivity index (χ0n) is 14.7. The third-order valence-electron chi connectivity index (χ3n) is 5.01. The molecule has 0 saturated carbocycles. The Bertz CT molecular complexity index is 529. The van der Waals surface area contributed by atoms with E-state index in [1.54, 1.807) is 6.08 Å². The second-order valence-corrected chi connectivity index (χ2v) is 12.4. The summed E-state index contributed by atoms with van der Waals surface area (Å²) in [5.41, 5.74) is 2.66. The van der Waals surface area contributed by atoms with E-state index in [0.717, 1.165) is 18.6 Å². The van der Waals surface area contributed by atoms with Crippen LogP contribution >= 0.6 is 0 Å². The predicted molar refractivity (Wildman–Crippen MR) is 96.1 cm³/mol. The number of hydrogen-bond acceptors (Lipinski definition) is 2. The number of ether oxygens (including phenoxy) is 1. The maximum atomic E-state index is 6.69. The van der Waals surface area contributed by atoms with Gasteiger partial charge in [0.25, 0.3) is 0 Å². The molecule has 0 aliphatic heterocycles. The van der Waals surface area contributed by atoms with E-state index in [1.165, 1.54) is 17.5 Å². The van der Waals surface area contributed by atoms with Crippen LogP contribution in [0.4, 0.5) is 0 Å². The Balaban J connectivity index is 2.27. The van der Waals surface area contributed by atoms with E-state index in [2.05, 4.69) is 58.6 Å². The van der Waals surface area contributed by atoms with Crippen LogP contribution in [0.5, 0.6) is 5.75 Å². The minimum Gasteiger partial charge on any atom is -0.489 e. The van der Waals surface area contributed by atoms with Crippen LogP contribution in [-0.2, 0) is 10.8 Å². The lowest BCUT2D eigenvalue weighted by atomic mass is 9.89. The normalized spacial score (nSPS) is 18.7. The molecule has 0 spiro atoms. The molecule has 3 heteroatoms. The van der Waals surface area contributed by atoms with Gasteiger partial charge in [0.05, 0.1) is 6.10 Å². The lowest BCUT2D eigenvalue weighted by molar-refractivity contribution is 0.162. The van der Waals surface area contributed by atoms with Crippen molar-refractivity contribution in [2.45, 2.75) is 64.3 Å². The van der Waals surface area contributed by atoms with Crippen molar-refractivity contribution in [3.63, 3.8) is 0 Å². The Hall–Kier alpha value is -1.06. The summed E-state index contributed by atoms with van der Waals surface area (Å²) in [6, 6.07) is 6.37. The topological polar surface area (TPSA) is 18.5 Å². The third-order valence-corrected chi connectivity index (χ3v) is 9.50. The van der Waals surface area contributed by atoms with Gasteiger partial charge >= 0.3 is 0 Å². The van der Waals surface area contributed by atoms with Gasteiger partial charge in [-0.3, -0.25) is 0 Å². The van der Waals surface area contributed by atoms with E-state index in [9.17, 15) is 0 Å². The van der Waals surface area contributed by atoms with Gasteiger partial charge in [0.1, 0.15) is 12.4 Å². The highest BCUT2D eigenvalue weighted by atomic mass is 28.4. The smallest absolute Gasteiger partial charge is 0.192 e. The number of rotatable bonds is 5. The summed E-state index contributed by atoms with van der Waals surface area (Å²) in [7, 11) is -1.76. The van der Waals surface area contributed by atoms with E-state index in [4.69, 9.17) is 9.16 Å². The average Bonchev–Trinajstić information content (AvgIpc) is 2.44. The van der Waals surface area contributed by atoms with Crippen molar-refractivity contribution >= 4 is 8.32 Å². The molecular formula is C19H30O2Si. The standard InChI is InChI=1S/C19H30O2Si/c1-7-14-20-17-12-8-11-16-15(17)10-9-13-18(16)21-22(5,6)19(2,3)4/h7-8,11-12,18H,1,9-10,13-14H2,2-6H3. The molecule has 1 aromatic carbocycles. The monoisotopic (exact) mass is 318 g/mol. The van der Waals surface area contributed by atoms with Crippen molar-refractivity contribution in [3.05, 3.63) is 42.0 Å². The van der Waals surface area contributed by atoms with Crippen LogP contribution in [-0.4, -0.2) is 14.9 Å². The molecule has 0 saturated heterocycles. The van der Waals surface area contributed by atoms with Gasteiger partial charge in [-0.15, -0.1) is 0 Å². The van der Waals surface area contributed by atoms with Gasteiger partial charge in [0.15, 0.2) is 8.32 Å². The second kappa shape index (κ2) is 6.59. The molecular weight excluding hydrogens is 288 g/mol. The zero-order valence-corrected chi connectivity index (χ0v) is 15.7. The largest absolute Gasteiger partial charge is 0.489 e. The minimum atomic E-state index is -1.76. The second-order valence-electron chi connectivity index (χ2n) is 7.68. The molecule has 2 rings (SSSR count). The highest BCUT2D eigenvalue weighted by molar-refractivity contribution is 6.74. The molecule has 1 aliphatic rings. The molecule has 0 N–H and O–H groups in total. The minimum absolute atomic E-state index is 0.219. The quantitative estimate of drug-likeness (QED) is 0.516. The van der Waals surface area contributed by atoms with Gasteiger partial charge in [-0.1, -0.05) is 45.6 Å². The maximum Gasteiger partial charge on any atom is 0.192 e. The molecule has 0 heterocycles. The Morgan fingerprint density at radius 2 is 2.05 bits per heavy atom. The molecule has 1 aliphatic carbocycles. The lowest BCUT2D eigenvalue weighted by Gasteiger charge is -2.41. The van der Waals surface area contributed by atoms with Crippen LogP contribution in [0.25, 0.3) is 0 Å². The summed E-state index contributed by atoms with van der Waals surface area (Å²) in [4.78, 5) is 0. The summed E-state index contributed by atoms with van der Waals surface area (Å²) < 4.78 is 12.5. The van der Waals surface area contributed by atoms with Crippen LogP contribution in [0.3, 0.4) is 0 Å². The van der Waals surface area contributed by atoms with E-state index in [0.29, 0.717) is 6.61 Å². The summed E-state index contributed by atoms with van der Waals surface area (Å²) in [5, 5.41) is 0.238. The fourth-order valence-corrected chi connectivity index (χ4v) is 4.02. The van der Waals surface area contributed by atoms with E-state index in [1.807, 2.05) is 0 Å². The molecule has 122 valence electrons. The number of hydrogen-bond donors (Lipinski definition) is 0. The van der Waals surface area contributed by atoms with E-state index in [-0.39, 0.29) is 11.1 Å². The highest BCUT2D eigenvalue weighted by Gasteiger charge is 2.40. The van der Waals surface area contributed by atoms with Gasteiger partial charge < -0.3 is 9.16 Å². The van der Waals surface area contributed by atoms with Crippen LogP contribution < -0.4 is 4.74 Å². The predicted octanol–water partition coefficient (Wildman–Crippen LogP) is 5.65. The molecule has 1 aromatic rings. The van der Waals surface area contributed by atoms with Crippen LogP contribution in [0.2, 0.25) is 18.1 Å². The Labute approximate surface area is 136 Å². The maximum absolute atomic E-state index is 6.69. The average molecular weight is 319 g/mol. The first-order valence-electron chi connectivity index (χ1n) is 8.29. The first kappa shape index (κ1) is 17.3. The Morgan fingerprint density at radius 1 is 1.32 bits per heavy atom. The molecule has 2 nitrogen and oxygen atoms in total. The van der Waals surface area contributed by atoms with Crippen LogP contribution in [0.1, 0.15) is 50.8 Å². The number of fused-ring (bicyclic) bond motifs is 1. The van der Waals surface area contributed by atoms with Crippen molar-refractivity contribution < 1.29 is 9.16 Å². The van der Waals surface area contributed by atoms with Crippen molar-refractivity contribution in [1.29, 1.82) is 0 Å². The molecule has 1 unspecified atom stereocenters. The lowest BCUT2D eigenvalue weighted by Crippen LogP contribution is -2.42. The fourth-order valence-electron chi connectivity index (χ4n) is 2.71. The van der Waals surface area contributed by atoms with Gasteiger partial charge in [0, 0.05) is 0 Å². The molecule has 0 amide bonds. The molecule has 0 bridgehead atoms. The Kier molecular flexibility index (Phi) is 5.18. The Morgan fingerprint density at radius 3 is 2.68 bits per heavy atom. The molecule has 0 radical (unpaired) electrons. The first-order chi connectivity index (χ1) is 10.3. The SMILES string of the molecule is C=CCOc1cccc2c1CCCC2O[Si](C)(C)C(C)(C)C. The number of benzene rings is 1. The van der Waals surface area contributed by atoms with Crippen molar-refractivity contribution in [2.75, 3.05) is 6.61 Å². The van der Waals surface area contributed by atoms with E-state index >= 15 is 0 Å².